The molecule has 0 heterocycles. The van der Waals surface area contributed by atoms with Crippen LogP contribution in [0.2, 0.25) is 0 Å². The summed E-state index contributed by atoms with van der Waals surface area (Å²) in [5.74, 6) is -0.0514. The highest BCUT2D eigenvalue weighted by molar-refractivity contribution is 7.15. The van der Waals surface area contributed by atoms with Crippen molar-refractivity contribution in [2.75, 3.05) is 7.11 Å². The van der Waals surface area contributed by atoms with Crippen LogP contribution in [0.5, 0.6) is 0 Å². The lowest BCUT2D eigenvalue weighted by Gasteiger charge is -2.27. The van der Waals surface area contributed by atoms with Crippen LogP contribution in [0.1, 0.15) is 34.0 Å². The van der Waals surface area contributed by atoms with Crippen molar-refractivity contribution >= 4 is 24.3 Å². The third kappa shape index (κ3) is 5.06. The van der Waals surface area contributed by atoms with Crippen LogP contribution in [0.3, 0.4) is 0 Å². The highest BCUT2D eigenvalue weighted by Gasteiger charge is 2.35. The first-order chi connectivity index (χ1) is 16.5. The Hall–Kier alpha value is -2.63. The van der Waals surface area contributed by atoms with E-state index in [4.69, 9.17) is 4.74 Å². The maximum atomic E-state index is 13.4. The predicted molar refractivity (Wildman–Crippen MR) is 149 cm³/mol. The van der Waals surface area contributed by atoms with Gasteiger partial charge in [0, 0.05) is 12.7 Å². The van der Waals surface area contributed by atoms with Gasteiger partial charge in [0.2, 0.25) is 0 Å². The molecule has 2 nitrogen and oxygen atoms in total. The standard InChI is InChI=1S/C30H30O2P2/c1-30(32-2,28-17-5-22(20-34)6-18-28)29(31)27-15-13-26(14-16-27)25-11-9-24(10-12-25)23-7-3-21(19-33)4-8-23/h3-18H,19-20,33-34H2,1-2H3. The molecule has 0 saturated carbocycles. The normalized spacial score (nSPS) is 12.8. The van der Waals surface area contributed by atoms with E-state index in [0.717, 1.165) is 29.0 Å². The van der Waals surface area contributed by atoms with E-state index < -0.39 is 5.60 Å². The molecular formula is C30H30O2P2. The molecule has 0 N–H and O–H groups in total. The molecule has 0 amide bonds. The van der Waals surface area contributed by atoms with Gasteiger partial charge in [0.15, 0.2) is 11.4 Å². The summed E-state index contributed by atoms with van der Waals surface area (Å²) in [6.45, 7) is 1.84. The summed E-state index contributed by atoms with van der Waals surface area (Å²) >= 11 is 0. The molecule has 34 heavy (non-hydrogen) atoms. The molecule has 3 unspecified atom stereocenters. The van der Waals surface area contributed by atoms with Crippen molar-refractivity contribution in [1.82, 2.24) is 0 Å². The van der Waals surface area contributed by atoms with E-state index in [0.29, 0.717) is 5.56 Å². The van der Waals surface area contributed by atoms with Crippen LogP contribution in [0, 0.1) is 0 Å². The summed E-state index contributed by atoms with van der Waals surface area (Å²) in [6, 6.07) is 33.0. The van der Waals surface area contributed by atoms with Crippen LogP contribution in [0.25, 0.3) is 22.3 Å². The van der Waals surface area contributed by atoms with Crippen molar-refractivity contribution in [3.63, 3.8) is 0 Å². The van der Waals surface area contributed by atoms with Crippen LogP contribution in [-0.4, -0.2) is 12.9 Å². The van der Waals surface area contributed by atoms with Gasteiger partial charge in [0.1, 0.15) is 0 Å². The topological polar surface area (TPSA) is 26.3 Å². The number of rotatable bonds is 8. The number of Topliss-reactive ketones (excluding diaryl/α,β-unsaturated/α-hetero) is 1. The second-order valence-corrected chi connectivity index (χ2v) is 9.34. The molecule has 0 aliphatic rings. The highest BCUT2D eigenvalue weighted by atomic mass is 31.0. The van der Waals surface area contributed by atoms with Crippen molar-refractivity contribution in [2.24, 2.45) is 0 Å². The number of hydrogen-bond acceptors (Lipinski definition) is 2. The molecule has 4 aromatic carbocycles. The van der Waals surface area contributed by atoms with E-state index in [2.05, 4.69) is 67.0 Å². The summed E-state index contributed by atoms with van der Waals surface area (Å²) < 4.78 is 5.74. The van der Waals surface area contributed by atoms with E-state index in [1.54, 1.807) is 7.11 Å². The van der Waals surface area contributed by atoms with Gasteiger partial charge in [-0.1, -0.05) is 97.1 Å². The van der Waals surface area contributed by atoms with Crippen molar-refractivity contribution in [1.29, 1.82) is 0 Å². The van der Waals surface area contributed by atoms with E-state index in [1.165, 1.54) is 22.3 Å². The molecule has 0 aromatic heterocycles. The summed E-state index contributed by atoms with van der Waals surface area (Å²) in [7, 11) is 7.06. The van der Waals surface area contributed by atoms with Crippen LogP contribution in [0.4, 0.5) is 0 Å². The van der Waals surface area contributed by atoms with E-state index in [-0.39, 0.29) is 5.78 Å². The predicted octanol–water partition coefficient (Wildman–Crippen LogP) is 7.52. The largest absolute Gasteiger partial charge is 0.366 e. The van der Waals surface area contributed by atoms with Gasteiger partial charge in [-0.3, -0.25) is 4.79 Å². The number of carbonyl (C=O) groups is 1. The van der Waals surface area contributed by atoms with Gasteiger partial charge in [-0.25, -0.2) is 0 Å². The number of methoxy groups -OCH3 is 1. The Kier molecular flexibility index (Phi) is 7.74. The Morgan fingerprint density at radius 2 is 1.00 bits per heavy atom. The van der Waals surface area contributed by atoms with Gasteiger partial charge in [-0.15, -0.1) is 18.5 Å². The SMILES string of the molecule is COC(C)(C(=O)c1ccc(-c2ccc(-c3ccc(CP)cc3)cc2)cc1)c1ccc(CP)cc1. The monoisotopic (exact) mass is 484 g/mol. The summed E-state index contributed by atoms with van der Waals surface area (Å²) in [5, 5.41) is 0. The number of hydrogen-bond donors (Lipinski definition) is 0. The minimum atomic E-state index is -1.03. The Bertz CT molecular complexity index is 1250. The zero-order valence-corrected chi connectivity index (χ0v) is 21.9. The second-order valence-electron chi connectivity index (χ2n) is 8.52. The molecule has 172 valence electrons. The van der Waals surface area contributed by atoms with Crippen molar-refractivity contribution < 1.29 is 9.53 Å². The quantitative estimate of drug-likeness (QED) is 0.191. The fourth-order valence-corrected chi connectivity index (χ4v) is 4.62. The fraction of sp³-hybridized carbons (Fsp3) is 0.167. The lowest BCUT2D eigenvalue weighted by molar-refractivity contribution is 0.0101. The van der Waals surface area contributed by atoms with Crippen molar-refractivity contribution in [3.05, 3.63) is 119 Å². The molecule has 0 saturated heterocycles. The molecule has 0 aliphatic heterocycles. The average molecular weight is 485 g/mol. The summed E-state index contributed by atoms with van der Waals surface area (Å²) in [6.07, 6.45) is 1.84. The minimum absolute atomic E-state index is 0.0514. The van der Waals surface area contributed by atoms with E-state index in [1.807, 2.05) is 55.5 Å². The lowest BCUT2D eigenvalue weighted by atomic mass is 9.86. The highest BCUT2D eigenvalue weighted by Crippen LogP contribution is 2.31. The van der Waals surface area contributed by atoms with Gasteiger partial charge in [0.05, 0.1) is 0 Å². The third-order valence-electron chi connectivity index (χ3n) is 6.47. The number of ketones is 1. The van der Waals surface area contributed by atoms with Crippen molar-refractivity contribution in [2.45, 2.75) is 24.8 Å². The Balaban J connectivity index is 1.54. The molecule has 0 aliphatic carbocycles. The average Bonchev–Trinajstić information content (AvgIpc) is 2.92. The van der Waals surface area contributed by atoms with Gasteiger partial charge < -0.3 is 4.74 Å². The van der Waals surface area contributed by atoms with Crippen LogP contribution >= 0.6 is 18.5 Å². The summed E-state index contributed by atoms with van der Waals surface area (Å²) in [4.78, 5) is 13.4. The molecule has 4 heteroatoms. The minimum Gasteiger partial charge on any atom is -0.366 e. The zero-order valence-electron chi connectivity index (χ0n) is 19.6. The molecule has 0 fully saturated rings. The van der Waals surface area contributed by atoms with Crippen molar-refractivity contribution in [3.8, 4) is 22.3 Å². The Labute approximate surface area is 207 Å². The van der Waals surface area contributed by atoms with Crippen LogP contribution in [0.15, 0.2) is 97.1 Å². The molecule has 4 aromatic rings. The molecule has 4 rings (SSSR count). The van der Waals surface area contributed by atoms with Gasteiger partial charge in [-0.2, -0.15) is 0 Å². The number of ether oxygens (including phenoxy) is 1. The first-order valence-electron chi connectivity index (χ1n) is 11.4. The van der Waals surface area contributed by atoms with E-state index in [9.17, 15) is 4.79 Å². The van der Waals surface area contributed by atoms with Gasteiger partial charge in [0.25, 0.3) is 0 Å². The lowest BCUT2D eigenvalue weighted by Crippen LogP contribution is -2.34. The molecule has 0 bridgehead atoms. The second kappa shape index (κ2) is 10.7. The third-order valence-corrected chi connectivity index (χ3v) is 7.41. The first kappa shape index (κ1) is 24.5. The maximum Gasteiger partial charge on any atom is 0.198 e. The molecule has 3 atom stereocenters. The Morgan fingerprint density at radius 1 is 0.647 bits per heavy atom. The maximum absolute atomic E-state index is 13.4. The van der Waals surface area contributed by atoms with Crippen LogP contribution < -0.4 is 0 Å². The smallest absolute Gasteiger partial charge is 0.198 e. The molecule has 0 radical (unpaired) electrons. The van der Waals surface area contributed by atoms with Gasteiger partial charge in [-0.05, 0) is 58.2 Å². The summed E-state index contributed by atoms with van der Waals surface area (Å²) in [5.41, 5.74) is 7.55. The van der Waals surface area contributed by atoms with Crippen LogP contribution in [-0.2, 0) is 22.7 Å². The molecule has 0 spiro atoms. The molecular weight excluding hydrogens is 454 g/mol. The zero-order chi connectivity index (χ0) is 24.1. The van der Waals surface area contributed by atoms with E-state index >= 15 is 0 Å². The fourth-order valence-electron chi connectivity index (χ4n) is 4.08. The number of benzene rings is 4. The first-order valence-corrected chi connectivity index (χ1v) is 13.0. The number of carbonyl (C=O) groups excluding carboxylic acids is 1. The van der Waals surface area contributed by atoms with Gasteiger partial charge >= 0.3 is 0 Å². The Morgan fingerprint density at radius 3 is 1.38 bits per heavy atom.